The van der Waals surface area contributed by atoms with Crippen molar-refractivity contribution in [2.45, 2.75) is 45.1 Å². The summed E-state index contributed by atoms with van der Waals surface area (Å²) in [6.07, 6.45) is 2.92. The molecule has 78 valence electrons. The molecule has 0 spiro atoms. The molecule has 1 saturated carbocycles. The van der Waals surface area contributed by atoms with Gasteiger partial charge in [-0.3, -0.25) is 9.59 Å². The van der Waals surface area contributed by atoms with Crippen LogP contribution in [0.5, 0.6) is 0 Å². The molecule has 1 heterocycles. The number of carbonyl (C=O) groups is 2. The van der Waals surface area contributed by atoms with Crippen LogP contribution in [0, 0.1) is 5.92 Å². The Kier molecular flexibility index (Phi) is 2.13. The number of hydrogen-bond acceptors (Lipinski definition) is 2. The second-order valence-corrected chi connectivity index (χ2v) is 4.77. The van der Waals surface area contributed by atoms with E-state index in [9.17, 15) is 9.59 Å². The third kappa shape index (κ3) is 1.35. The first-order valence-corrected chi connectivity index (χ1v) is 5.38. The summed E-state index contributed by atoms with van der Waals surface area (Å²) in [7, 11) is 0. The molecule has 1 saturated heterocycles. The molecule has 3 nitrogen and oxygen atoms in total. The van der Waals surface area contributed by atoms with E-state index in [1.54, 1.807) is 0 Å². The summed E-state index contributed by atoms with van der Waals surface area (Å²) >= 11 is 0. The van der Waals surface area contributed by atoms with Gasteiger partial charge in [0, 0.05) is 18.5 Å². The van der Waals surface area contributed by atoms with Gasteiger partial charge in [0.15, 0.2) is 0 Å². The minimum Gasteiger partial charge on any atom is -0.336 e. The van der Waals surface area contributed by atoms with E-state index in [0.29, 0.717) is 18.9 Å². The average molecular weight is 195 g/mol. The Hall–Kier alpha value is -0.860. The van der Waals surface area contributed by atoms with Crippen LogP contribution < -0.4 is 0 Å². The Morgan fingerprint density at radius 1 is 1.29 bits per heavy atom. The maximum Gasteiger partial charge on any atom is 0.230 e. The van der Waals surface area contributed by atoms with Gasteiger partial charge in [-0.15, -0.1) is 0 Å². The number of nitrogens with zero attached hydrogens (tertiary/aromatic N) is 1. The van der Waals surface area contributed by atoms with Gasteiger partial charge in [0.05, 0.1) is 6.42 Å². The molecule has 0 unspecified atom stereocenters. The molecule has 2 aliphatic rings. The van der Waals surface area contributed by atoms with E-state index >= 15 is 0 Å². The van der Waals surface area contributed by atoms with Crippen molar-refractivity contribution in [2.75, 3.05) is 6.54 Å². The molecule has 14 heavy (non-hydrogen) atoms. The van der Waals surface area contributed by atoms with Crippen molar-refractivity contribution in [1.29, 1.82) is 0 Å². The molecule has 0 aromatic carbocycles. The Morgan fingerprint density at radius 2 is 1.93 bits per heavy atom. The predicted octanol–water partition coefficient (Wildman–Crippen LogP) is 1.37. The number of rotatable bonds is 2. The molecule has 0 radical (unpaired) electrons. The topological polar surface area (TPSA) is 37.4 Å². The highest BCUT2D eigenvalue weighted by Crippen LogP contribution is 2.48. The first-order chi connectivity index (χ1) is 6.56. The van der Waals surface area contributed by atoms with E-state index in [2.05, 4.69) is 13.8 Å². The van der Waals surface area contributed by atoms with Crippen LogP contribution in [0.15, 0.2) is 0 Å². The van der Waals surface area contributed by atoms with E-state index in [-0.39, 0.29) is 23.7 Å². The molecule has 1 aliphatic heterocycles. The number of ketones is 1. The number of Topliss-reactive ketones (excluding diaryl/α,β-unsaturated/α-hetero) is 1. The smallest absolute Gasteiger partial charge is 0.230 e. The number of carbonyl (C=O) groups excluding carboxylic acids is 2. The largest absolute Gasteiger partial charge is 0.336 e. The van der Waals surface area contributed by atoms with Gasteiger partial charge < -0.3 is 4.90 Å². The average Bonchev–Trinajstić information content (AvgIpc) is 2.84. The van der Waals surface area contributed by atoms with Crippen LogP contribution in [0.2, 0.25) is 0 Å². The van der Waals surface area contributed by atoms with Crippen LogP contribution in [-0.4, -0.2) is 28.7 Å². The lowest BCUT2D eigenvalue weighted by Gasteiger charge is -2.37. The Balaban J connectivity index is 2.12. The molecule has 0 aromatic heterocycles. The Labute approximate surface area is 84.5 Å². The van der Waals surface area contributed by atoms with Gasteiger partial charge in [0.1, 0.15) is 5.78 Å². The third-order valence-corrected chi connectivity index (χ3v) is 3.64. The van der Waals surface area contributed by atoms with Crippen molar-refractivity contribution in [3.8, 4) is 0 Å². The highest BCUT2D eigenvalue weighted by atomic mass is 16.2. The first-order valence-electron chi connectivity index (χ1n) is 5.38. The van der Waals surface area contributed by atoms with Gasteiger partial charge in [-0.05, 0) is 18.8 Å². The van der Waals surface area contributed by atoms with Crippen molar-refractivity contribution in [2.24, 2.45) is 5.92 Å². The summed E-state index contributed by atoms with van der Waals surface area (Å²) in [6.45, 7) is 4.98. The monoisotopic (exact) mass is 195 g/mol. The molecule has 2 fully saturated rings. The van der Waals surface area contributed by atoms with Crippen LogP contribution >= 0.6 is 0 Å². The lowest BCUT2D eigenvalue weighted by atomic mass is 9.96. The van der Waals surface area contributed by atoms with Crippen molar-refractivity contribution in [3.63, 3.8) is 0 Å². The zero-order valence-electron chi connectivity index (χ0n) is 8.88. The lowest BCUT2D eigenvalue weighted by molar-refractivity contribution is -0.143. The van der Waals surface area contributed by atoms with E-state index < -0.39 is 0 Å². The standard InChI is InChI=1S/C11H17NO2/c1-8(2)11(4-5-11)12-6-3-9(13)7-10(12)14/h8H,3-7H2,1-2H3. The molecule has 1 aliphatic carbocycles. The molecule has 0 N–H and O–H groups in total. The maximum absolute atomic E-state index is 11.7. The fourth-order valence-electron chi connectivity index (χ4n) is 2.47. The molecule has 1 amide bonds. The molecule has 0 bridgehead atoms. The van der Waals surface area contributed by atoms with E-state index in [1.165, 1.54) is 0 Å². The fraction of sp³-hybridized carbons (Fsp3) is 0.818. The van der Waals surface area contributed by atoms with Crippen LogP contribution in [-0.2, 0) is 9.59 Å². The second kappa shape index (κ2) is 3.07. The number of piperidine rings is 1. The second-order valence-electron chi connectivity index (χ2n) is 4.77. The summed E-state index contributed by atoms with van der Waals surface area (Å²) in [5.41, 5.74) is 0.109. The first kappa shape index (κ1) is 9.69. The molecular formula is C11H17NO2. The van der Waals surface area contributed by atoms with E-state index in [4.69, 9.17) is 0 Å². The fourth-order valence-corrected chi connectivity index (χ4v) is 2.47. The Bertz CT molecular complexity index is 279. The lowest BCUT2D eigenvalue weighted by Crippen LogP contribution is -2.49. The minimum absolute atomic E-state index is 0.0486. The Morgan fingerprint density at radius 3 is 2.36 bits per heavy atom. The summed E-state index contributed by atoms with van der Waals surface area (Å²) in [6, 6.07) is 0. The van der Waals surface area contributed by atoms with E-state index in [0.717, 1.165) is 12.8 Å². The molecule has 0 atom stereocenters. The van der Waals surface area contributed by atoms with Gasteiger partial charge in [0.2, 0.25) is 5.91 Å². The van der Waals surface area contributed by atoms with Crippen molar-refractivity contribution in [3.05, 3.63) is 0 Å². The van der Waals surface area contributed by atoms with Crippen LogP contribution in [0.25, 0.3) is 0 Å². The van der Waals surface area contributed by atoms with Crippen LogP contribution in [0.4, 0.5) is 0 Å². The summed E-state index contributed by atoms with van der Waals surface area (Å²) in [5.74, 6) is 0.665. The van der Waals surface area contributed by atoms with E-state index in [1.807, 2.05) is 4.90 Å². The van der Waals surface area contributed by atoms with Gasteiger partial charge in [0.25, 0.3) is 0 Å². The zero-order valence-corrected chi connectivity index (χ0v) is 8.88. The zero-order chi connectivity index (χ0) is 10.3. The minimum atomic E-state index is 0.0486. The molecule has 2 rings (SSSR count). The number of amides is 1. The molecule has 3 heteroatoms. The van der Waals surface area contributed by atoms with Gasteiger partial charge in [-0.1, -0.05) is 13.8 Å². The summed E-state index contributed by atoms with van der Waals surface area (Å²) in [5, 5.41) is 0. The van der Waals surface area contributed by atoms with Crippen molar-refractivity contribution in [1.82, 2.24) is 4.90 Å². The number of likely N-dealkylation sites (tertiary alicyclic amines) is 1. The maximum atomic E-state index is 11.7. The third-order valence-electron chi connectivity index (χ3n) is 3.64. The highest BCUT2D eigenvalue weighted by Gasteiger charge is 2.52. The molecule has 0 aromatic rings. The number of hydrogen-bond donors (Lipinski definition) is 0. The quantitative estimate of drug-likeness (QED) is 0.624. The van der Waals surface area contributed by atoms with Crippen LogP contribution in [0.3, 0.4) is 0 Å². The SMILES string of the molecule is CC(C)C1(N2CCC(=O)CC2=O)CC1. The van der Waals surface area contributed by atoms with Gasteiger partial charge >= 0.3 is 0 Å². The predicted molar refractivity (Wildman–Crippen MR) is 52.8 cm³/mol. The van der Waals surface area contributed by atoms with Gasteiger partial charge in [-0.2, -0.15) is 0 Å². The van der Waals surface area contributed by atoms with Gasteiger partial charge in [-0.25, -0.2) is 0 Å². The van der Waals surface area contributed by atoms with Crippen molar-refractivity contribution >= 4 is 11.7 Å². The summed E-state index contributed by atoms with van der Waals surface area (Å²) < 4.78 is 0. The normalized spacial score (nSPS) is 25.8. The van der Waals surface area contributed by atoms with Crippen molar-refractivity contribution < 1.29 is 9.59 Å². The highest BCUT2D eigenvalue weighted by molar-refractivity contribution is 6.00. The van der Waals surface area contributed by atoms with Crippen LogP contribution in [0.1, 0.15) is 39.5 Å². The summed E-state index contributed by atoms with van der Waals surface area (Å²) in [4.78, 5) is 24.7. The molecular weight excluding hydrogens is 178 g/mol.